The number of benzene rings is 2. The molecule has 1 amide bonds. The number of nitrogens with one attached hydrogen (secondary N) is 1. The molecule has 0 heterocycles. The largest absolute Gasteiger partial charge is 0.483 e. The van der Waals surface area contributed by atoms with E-state index in [2.05, 4.69) is 10.5 Å². The second kappa shape index (κ2) is 7.24. The van der Waals surface area contributed by atoms with E-state index in [1.54, 1.807) is 6.21 Å². The zero-order chi connectivity index (χ0) is 15.1. The summed E-state index contributed by atoms with van der Waals surface area (Å²) >= 11 is 0. The number of hydrogen-bond acceptors (Lipinski definition) is 3. The summed E-state index contributed by atoms with van der Waals surface area (Å²) in [7, 11) is 0. The first-order chi connectivity index (χ1) is 10.1. The van der Waals surface area contributed by atoms with Crippen LogP contribution < -0.4 is 10.2 Å². The molecule has 2 aromatic carbocycles. The smallest absolute Gasteiger partial charge is 0.277 e. The molecule has 4 heteroatoms. The Morgan fingerprint density at radius 1 is 1.19 bits per heavy atom. The molecule has 0 radical (unpaired) electrons. The van der Waals surface area contributed by atoms with Gasteiger partial charge in [-0.2, -0.15) is 5.10 Å². The normalized spacial score (nSPS) is 10.6. The van der Waals surface area contributed by atoms with Crippen molar-refractivity contribution in [2.24, 2.45) is 5.10 Å². The van der Waals surface area contributed by atoms with Gasteiger partial charge in [-0.25, -0.2) is 5.43 Å². The SMILES string of the molecule is Cc1ccc(OCC(=O)NN=Cc2ccccc2)c(C)c1. The number of carbonyl (C=O) groups excluding carboxylic acids is 1. The van der Waals surface area contributed by atoms with Crippen LogP contribution in [0, 0.1) is 13.8 Å². The summed E-state index contributed by atoms with van der Waals surface area (Å²) in [6.45, 7) is 3.91. The lowest BCUT2D eigenvalue weighted by Crippen LogP contribution is -2.24. The van der Waals surface area contributed by atoms with Crippen LogP contribution in [-0.2, 0) is 4.79 Å². The maximum Gasteiger partial charge on any atom is 0.277 e. The lowest BCUT2D eigenvalue weighted by molar-refractivity contribution is -0.123. The van der Waals surface area contributed by atoms with E-state index in [0.717, 1.165) is 16.7 Å². The van der Waals surface area contributed by atoms with Crippen molar-refractivity contribution in [2.45, 2.75) is 13.8 Å². The highest BCUT2D eigenvalue weighted by Gasteiger charge is 2.03. The van der Waals surface area contributed by atoms with Crippen molar-refractivity contribution in [3.63, 3.8) is 0 Å². The minimum Gasteiger partial charge on any atom is -0.483 e. The summed E-state index contributed by atoms with van der Waals surface area (Å²) in [6, 6.07) is 15.4. The number of carbonyl (C=O) groups is 1. The van der Waals surface area contributed by atoms with E-state index in [4.69, 9.17) is 4.74 Å². The van der Waals surface area contributed by atoms with Crippen molar-refractivity contribution in [1.82, 2.24) is 5.43 Å². The van der Waals surface area contributed by atoms with E-state index in [1.807, 2.05) is 62.4 Å². The monoisotopic (exact) mass is 282 g/mol. The molecular weight excluding hydrogens is 264 g/mol. The Kier molecular flexibility index (Phi) is 5.10. The molecule has 2 rings (SSSR count). The minimum atomic E-state index is -0.290. The predicted molar refractivity (Wildman–Crippen MR) is 83.6 cm³/mol. The molecule has 21 heavy (non-hydrogen) atoms. The molecule has 0 aliphatic rings. The minimum absolute atomic E-state index is 0.0595. The molecule has 0 saturated carbocycles. The predicted octanol–water partition coefficient (Wildman–Crippen LogP) is 2.83. The number of hydrazone groups is 1. The van der Waals surface area contributed by atoms with Gasteiger partial charge in [0.15, 0.2) is 6.61 Å². The Hall–Kier alpha value is -2.62. The second-order valence-electron chi connectivity index (χ2n) is 4.76. The molecule has 0 bridgehead atoms. The average Bonchev–Trinajstić information content (AvgIpc) is 2.47. The molecule has 108 valence electrons. The van der Waals surface area contributed by atoms with Crippen LogP contribution in [0.1, 0.15) is 16.7 Å². The molecular formula is C17H18N2O2. The van der Waals surface area contributed by atoms with Gasteiger partial charge in [-0.1, -0.05) is 48.0 Å². The Morgan fingerprint density at radius 2 is 1.95 bits per heavy atom. The molecule has 0 unspecified atom stereocenters. The topological polar surface area (TPSA) is 50.7 Å². The molecule has 0 aromatic heterocycles. The molecule has 0 atom stereocenters. The Morgan fingerprint density at radius 3 is 2.67 bits per heavy atom. The van der Waals surface area contributed by atoms with E-state index in [-0.39, 0.29) is 12.5 Å². The van der Waals surface area contributed by atoms with Crippen LogP contribution in [-0.4, -0.2) is 18.7 Å². The number of nitrogens with zero attached hydrogens (tertiary/aromatic N) is 1. The summed E-state index contributed by atoms with van der Waals surface area (Å²) in [6.07, 6.45) is 1.59. The van der Waals surface area contributed by atoms with Gasteiger partial charge in [0.1, 0.15) is 5.75 Å². The number of hydrogen-bond donors (Lipinski definition) is 1. The maximum absolute atomic E-state index is 11.6. The number of rotatable bonds is 5. The fourth-order valence-corrected chi connectivity index (χ4v) is 1.85. The first-order valence-electron chi connectivity index (χ1n) is 6.72. The Labute approximate surface area is 124 Å². The van der Waals surface area contributed by atoms with Crippen molar-refractivity contribution in [2.75, 3.05) is 6.61 Å². The van der Waals surface area contributed by atoms with Crippen LogP contribution in [0.3, 0.4) is 0 Å². The summed E-state index contributed by atoms with van der Waals surface area (Å²) < 4.78 is 5.47. The highest BCUT2D eigenvalue weighted by Crippen LogP contribution is 2.18. The van der Waals surface area contributed by atoms with Crippen LogP contribution in [0.2, 0.25) is 0 Å². The zero-order valence-electron chi connectivity index (χ0n) is 12.2. The van der Waals surface area contributed by atoms with Gasteiger partial charge in [0.2, 0.25) is 0 Å². The second-order valence-corrected chi connectivity index (χ2v) is 4.76. The van der Waals surface area contributed by atoms with Crippen molar-refractivity contribution in [3.05, 3.63) is 65.2 Å². The summed E-state index contributed by atoms with van der Waals surface area (Å²) in [5.74, 6) is 0.421. The van der Waals surface area contributed by atoms with Crippen LogP contribution in [0.15, 0.2) is 53.6 Å². The van der Waals surface area contributed by atoms with Crippen molar-refractivity contribution < 1.29 is 9.53 Å². The lowest BCUT2D eigenvalue weighted by atomic mass is 10.1. The van der Waals surface area contributed by atoms with E-state index in [0.29, 0.717) is 5.75 Å². The zero-order valence-corrected chi connectivity index (χ0v) is 12.2. The molecule has 2 aromatic rings. The van der Waals surface area contributed by atoms with Gasteiger partial charge in [0.25, 0.3) is 5.91 Å². The van der Waals surface area contributed by atoms with E-state index < -0.39 is 0 Å². The van der Waals surface area contributed by atoms with E-state index >= 15 is 0 Å². The standard InChI is InChI=1S/C17H18N2O2/c1-13-8-9-16(14(2)10-13)21-12-17(20)19-18-11-15-6-4-3-5-7-15/h3-11H,12H2,1-2H3,(H,19,20). The molecule has 1 N–H and O–H groups in total. The van der Waals surface area contributed by atoms with Crippen LogP contribution >= 0.6 is 0 Å². The third-order valence-electron chi connectivity index (χ3n) is 2.89. The van der Waals surface area contributed by atoms with Crippen LogP contribution in [0.4, 0.5) is 0 Å². The van der Waals surface area contributed by atoms with Gasteiger partial charge < -0.3 is 4.74 Å². The number of aryl methyl sites for hydroxylation is 2. The lowest BCUT2D eigenvalue weighted by Gasteiger charge is -2.08. The van der Waals surface area contributed by atoms with Gasteiger partial charge in [-0.15, -0.1) is 0 Å². The van der Waals surface area contributed by atoms with Gasteiger partial charge in [0.05, 0.1) is 6.21 Å². The number of ether oxygens (including phenoxy) is 1. The van der Waals surface area contributed by atoms with Gasteiger partial charge >= 0.3 is 0 Å². The summed E-state index contributed by atoms with van der Waals surface area (Å²) in [5.41, 5.74) is 5.54. The Bertz CT molecular complexity index is 636. The summed E-state index contributed by atoms with van der Waals surface area (Å²) in [4.78, 5) is 11.6. The van der Waals surface area contributed by atoms with Gasteiger partial charge in [-0.3, -0.25) is 4.79 Å². The van der Waals surface area contributed by atoms with Crippen molar-refractivity contribution in [1.29, 1.82) is 0 Å². The fraction of sp³-hybridized carbons (Fsp3) is 0.176. The molecule has 0 spiro atoms. The van der Waals surface area contributed by atoms with E-state index in [9.17, 15) is 4.79 Å². The third kappa shape index (κ3) is 4.76. The highest BCUT2D eigenvalue weighted by molar-refractivity contribution is 5.82. The fourth-order valence-electron chi connectivity index (χ4n) is 1.85. The molecule has 0 saturated heterocycles. The first-order valence-corrected chi connectivity index (χ1v) is 6.72. The average molecular weight is 282 g/mol. The van der Waals surface area contributed by atoms with Crippen LogP contribution in [0.5, 0.6) is 5.75 Å². The maximum atomic E-state index is 11.6. The number of amides is 1. The molecule has 4 nitrogen and oxygen atoms in total. The quantitative estimate of drug-likeness (QED) is 0.677. The molecule has 0 fully saturated rings. The Balaban J connectivity index is 1.81. The van der Waals surface area contributed by atoms with Crippen molar-refractivity contribution in [3.8, 4) is 5.75 Å². The summed E-state index contributed by atoms with van der Waals surface area (Å²) in [5, 5.41) is 3.89. The highest BCUT2D eigenvalue weighted by atomic mass is 16.5. The van der Waals surface area contributed by atoms with Gasteiger partial charge in [0, 0.05) is 0 Å². The first kappa shape index (κ1) is 14.8. The van der Waals surface area contributed by atoms with Gasteiger partial charge in [-0.05, 0) is 31.0 Å². The molecule has 0 aliphatic carbocycles. The van der Waals surface area contributed by atoms with Crippen LogP contribution in [0.25, 0.3) is 0 Å². The van der Waals surface area contributed by atoms with E-state index in [1.165, 1.54) is 0 Å². The van der Waals surface area contributed by atoms with Crippen molar-refractivity contribution >= 4 is 12.1 Å². The molecule has 0 aliphatic heterocycles. The third-order valence-corrected chi connectivity index (χ3v) is 2.89.